The zero-order valence-corrected chi connectivity index (χ0v) is 10.4. The molecule has 0 aliphatic carbocycles. The van der Waals surface area contributed by atoms with Crippen LogP contribution < -0.4 is 0 Å². The average Bonchev–Trinajstić information content (AvgIpc) is 2.27. The minimum Gasteiger partial charge on any atom is -0.477 e. The fourth-order valence-electron chi connectivity index (χ4n) is 1.76. The van der Waals surface area contributed by atoms with Gasteiger partial charge in [-0.1, -0.05) is 44.2 Å². The molecule has 0 amide bonds. The van der Waals surface area contributed by atoms with Crippen LogP contribution in [-0.4, -0.2) is 22.2 Å². The third-order valence-electron chi connectivity index (χ3n) is 2.46. The molecule has 0 saturated carbocycles. The summed E-state index contributed by atoms with van der Waals surface area (Å²) in [7, 11) is 0. The summed E-state index contributed by atoms with van der Waals surface area (Å²) in [6, 6.07) is 8.78. The summed E-state index contributed by atoms with van der Waals surface area (Å²) < 4.78 is 0. The van der Waals surface area contributed by atoms with Crippen molar-refractivity contribution in [3.05, 3.63) is 41.5 Å². The van der Waals surface area contributed by atoms with Gasteiger partial charge in [0.15, 0.2) is 0 Å². The van der Waals surface area contributed by atoms with Crippen molar-refractivity contribution in [3.8, 4) is 0 Å². The Kier molecular flexibility index (Phi) is 4.66. The molecule has 0 spiro atoms. The first kappa shape index (κ1) is 14.0. The summed E-state index contributed by atoms with van der Waals surface area (Å²) in [5, 5.41) is 18.1. The monoisotopic (exact) mass is 248 g/mol. The second-order valence-electron chi connectivity index (χ2n) is 4.43. The van der Waals surface area contributed by atoms with Crippen molar-refractivity contribution in [2.24, 2.45) is 5.92 Å². The Morgan fingerprint density at radius 3 is 1.94 bits per heavy atom. The zero-order chi connectivity index (χ0) is 13.7. The predicted octanol–water partition coefficient (Wildman–Crippen LogP) is 2.66. The lowest BCUT2D eigenvalue weighted by Gasteiger charge is -2.12. The van der Waals surface area contributed by atoms with Gasteiger partial charge in [-0.05, 0) is 23.5 Å². The van der Waals surface area contributed by atoms with Gasteiger partial charge in [0.05, 0.1) is 0 Å². The lowest BCUT2D eigenvalue weighted by molar-refractivity contribution is -0.140. The fraction of sp³-hybridized carbons (Fsp3) is 0.286. The first-order chi connectivity index (χ1) is 8.43. The second-order valence-corrected chi connectivity index (χ2v) is 4.43. The largest absolute Gasteiger partial charge is 0.477 e. The van der Waals surface area contributed by atoms with Gasteiger partial charge < -0.3 is 10.2 Å². The molecule has 1 aromatic rings. The molecule has 0 radical (unpaired) electrons. The van der Waals surface area contributed by atoms with E-state index in [-0.39, 0.29) is 5.92 Å². The molecule has 0 saturated heterocycles. The molecule has 0 unspecified atom stereocenters. The first-order valence-electron chi connectivity index (χ1n) is 5.68. The highest BCUT2D eigenvalue weighted by molar-refractivity contribution is 6.18. The van der Waals surface area contributed by atoms with Crippen LogP contribution in [0.2, 0.25) is 0 Å². The number of allylic oxidation sites excluding steroid dienone is 1. The van der Waals surface area contributed by atoms with Crippen molar-refractivity contribution >= 4 is 17.5 Å². The van der Waals surface area contributed by atoms with Crippen LogP contribution in [-0.2, 0) is 9.59 Å². The molecular weight excluding hydrogens is 232 g/mol. The highest BCUT2D eigenvalue weighted by Crippen LogP contribution is 2.26. The van der Waals surface area contributed by atoms with E-state index in [1.54, 1.807) is 30.3 Å². The summed E-state index contributed by atoms with van der Waals surface area (Å²) in [5.41, 5.74) is 0.464. The molecular formula is C14H16O4. The van der Waals surface area contributed by atoms with Crippen molar-refractivity contribution in [1.82, 2.24) is 0 Å². The van der Waals surface area contributed by atoms with E-state index in [1.165, 1.54) is 0 Å². The summed E-state index contributed by atoms with van der Waals surface area (Å²) in [5.74, 6) is -2.63. The molecule has 1 rings (SSSR count). The van der Waals surface area contributed by atoms with Crippen LogP contribution in [0.3, 0.4) is 0 Å². The first-order valence-corrected chi connectivity index (χ1v) is 5.68. The number of hydrogen-bond acceptors (Lipinski definition) is 2. The summed E-state index contributed by atoms with van der Waals surface area (Å²) in [4.78, 5) is 22.2. The van der Waals surface area contributed by atoms with Crippen molar-refractivity contribution in [2.75, 3.05) is 0 Å². The Balaban J connectivity index is 3.40. The van der Waals surface area contributed by atoms with E-state index in [9.17, 15) is 9.59 Å². The van der Waals surface area contributed by atoms with Gasteiger partial charge in [0.2, 0.25) is 0 Å². The van der Waals surface area contributed by atoms with Crippen LogP contribution in [0, 0.1) is 5.92 Å². The molecule has 2 N–H and O–H groups in total. The number of benzene rings is 1. The summed E-state index contributed by atoms with van der Waals surface area (Å²) in [6.45, 7) is 3.84. The summed E-state index contributed by atoms with van der Waals surface area (Å²) in [6.07, 6.45) is 0.415. The molecule has 0 fully saturated rings. The topological polar surface area (TPSA) is 74.6 Å². The molecule has 0 aliphatic rings. The van der Waals surface area contributed by atoms with Gasteiger partial charge >= 0.3 is 11.9 Å². The van der Waals surface area contributed by atoms with Crippen LogP contribution in [0.4, 0.5) is 0 Å². The number of aliphatic carboxylic acids is 2. The molecule has 0 atom stereocenters. The van der Waals surface area contributed by atoms with Crippen molar-refractivity contribution in [2.45, 2.75) is 20.3 Å². The predicted molar refractivity (Wildman–Crippen MR) is 68.1 cm³/mol. The number of carboxylic acids is 2. The van der Waals surface area contributed by atoms with Gasteiger partial charge in [-0.2, -0.15) is 0 Å². The molecule has 0 aromatic heterocycles. The van der Waals surface area contributed by atoms with E-state index < -0.39 is 17.5 Å². The normalized spacial score (nSPS) is 10.2. The standard InChI is InChI=1S/C14H16O4/c1-9(2)8-11(10-6-4-3-5-7-10)12(13(15)16)14(17)18/h3-7,9H,8H2,1-2H3,(H,15,16)(H,17,18). The van der Waals surface area contributed by atoms with Crippen molar-refractivity contribution < 1.29 is 19.8 Å². The van der Waals surface area contributed by atoms with Gasteiger partial charge in [-0.25, -0.2) is 9.59 Å². The highest BCUT2D eigenvalue weighted by Gasteiger charge is 2.23. The third kappa shape index (κ3) is 3.45. The SMILES string of the molecule is CC(C)CC(=C(C(=O)O)C(=O)O)c1ccccc1. The minimum absolute atomic E-state index is 0.175. The van der Waals surface area contributed by atoms with Crippen LogP contribution in [0.5, 0.6) is 0 Å². The van der Waals surface area contributed by atoms with E-state index in [2.05, 4.69) is 0 Å². The number of carboxylic acid groups (broad SMARTS) is 2. The molecule has 96 valence electrons. The molecule has 4 heteroatoms. The lowest BCUT2D eigenvalue weighted by atomic mass is 9.92. The quantitative estimate of drug-likeness (QED) is 0.477. The Hall–Kier alpha value is -2.10. The van der Waals surface area contributed by atoms with Crippen LogP contribution in [0.15, 0.2) is 35.9 Å². The molecule has 4 nitrogen and oxygen atoms in total. The van der Waals surface area contributed by atoms with Gasteiger partial charge in [0.1, 0.15) is 5.57 Å². The lowest BCUT2D eigenvalue weighted by Crippen LogP contribution is -2.15. The number of hydrogen-bond donors (Lipinski definition) is 2. The zero-order valence-electron chi connectivity index (χ0n) is 10.4. The van der Waals surface area contributed by atoms with Crippen LogP contribution in [0.25, 0.3) is 5.57 Å². The van der Waals surface area contributed by atoms with E-state index in [1.807, 2.05) is 13.8 Å². The van der Waals surface area contributed by atoms with Crippen LogP contribution >= 0.6 is 0 Å². The Labute approximate surface area is 106 Å². The number of rotatable bonds is 5. The molecule has 1 aromatic carbocycles. The van der Waals surface area contributed by atoms with Gasteiger partial charge in [0, 0.05) is 0 Å². The maximum Gasteiger partial charge on any atom is 0.343 e. The van der Waals surface area contributed by atoms with Crippen molar-refractivity contribution in [3.63, 3.8) is 0 Å². The Morgan fingerprint density at radius 1 is 1.06 bits per heavy atom. The minimum atomic E-state index is -1.40. The van der Waals surface area contributed by atoms with Gasteiger partial charge in [-0.3, -0.25) is 0 Å². The Bertz CT molecular complexity index is 456. The second kappa shape index (κ2) is 6.00. The van der Waals surface area contributed by atoms with E-state index in [0.717, 1.165) is 0 Å². The fourth-order valence-corrected chi connectivity index (χ4v) is 1.76. The molecule has 0 aliphatic heterocycles. The Morgan fingerprint density at radius 2 is 1.56 bits per heavy atom. The van der Waals surface area contributed by atoms with E-state index >= 15 is 0 Å². The van der Waals surface area contributed by atoms with Crippen molar-refractivity contribution in [1.29, 1.82) is 0 Å². The maximum absolute atomic E-state index is 11.1. The number of carbonyl (C=O) groups is 2. The van der Waals surface area contributed by atoms with Gasteiger partial charge in [0.25, 0.3) is 0 Å². The smallest absolute Gasteiger partial charge is 0.343 e. The van der Waals surface area contributed by atoms with Gasteiger partial charge in [-0.15, -0.1) is 0 Å². The maximum atomic E-state index is 11.1. The van der Waals surface area contributed by atoms with E-state index in [0.29, 0.717) is 17.6 Å². The van der Waals surface area contributed by atoms with Crippen LogP contribution in [0.1, 0.15) is 25.8 Å². The molecule has 0 heterocycles. The highest BCUT2D eigenvalue weighted by atomic mass is 16.4. The summed E-state index contributed by atoms with van der Waals surface area (Å²) >= 11 is 0. The molecule has 18 heavy (non-hydrogen) atoms. The average molecular weight is 248 g/mol. The molecule has 0 bridgehead atoms. The van der Waals surface area contributed by atoms with E-state index in [4.69, 9.17) is 10.2 Å². The third-order valence-corrected chi connectivity index (χ3v) is 2.46.